The number of hydrogen-bond acceptors (Lipinski definition) is 4. The van der Waals surface area contributed by atoms with Crippen LogP contribution < -0.4 is 9.44 Å². The predicted molar refractivity (Wildman–Crippen MR) is 72.0 cm³/mol. The van der Waals surface area contributed by atoms with E-state index in [1.54, 1.807) is 26.0 Å². The number of benzene rings is 1. The second-order valence-electron chi connectivity index (χ2n) is 4.34. The molecule has 0 fully saturated rings. The molecule has 0 radical (unpaired) electrons. The second kappa shape index (κ2) is 6.60. The van der Waals surface area contributed by atoms with Crippen molar-refractivity contribution in [2.45, 2.75) is 26.3 Å². The van der Waals surface area contributed by atoms with Gasteiger partial charge in [0.1, 0.15) is 0 Å². The highest BCUT2D eigenvalue weighted by atomic mass is 32.2. The van der Waals surface area contributed by atoms with Gasteiger partial charge in [0, 0.05) is 24.7 Å². The van der Waals surface area contributed by atoms with Gasteiger partial charge in [-0.3, -0.25) is 10.1 Å². The molecule has 1 aromatic carbocycles. The first-order valence-electron chi connectivity index (χ1n) is 5.80. The summed E-state index contributed by atoms with van der Waals surface area (Å²) in [6, 6.07) is 5.86. The zero-order valence-corrected chi connectivity index (χ0v) is 11.6. The Morgan fingerprint density at radius 3 is 2.32 bits per heavy atom. The molecule has 0 saturated heterocycles. The van der Waals surface area contributed by atoms with Crippen molar-refractivity contribution >= 4 is 15.9 Å². The van der Waals surface area contributed by atoms with E-state index in [2.05, 4.69) is 9.44 Å². The average Bonchev–Trinajstić information content (AvgIpc) is 2.27. The summed E-state index contributed by atoms with van der Waals surface area (Å²) >= 11 is 0. The van der Waals surface area contributed by atoms with Crippen LogP contribution >= 0.6 is 0 Å². The fourth-order valence-corrected chi connectivity index (χ4v) is 2.54. The number of nitrogens with zero attached hydrogens (tertiary/aromatic N) is 1. The van der Waals surface area contributed by atoms with Crippen LogP contribution in [0.3, 0.4) is 0 Å². The predicted octanol–water partition coefficient (Wildman–Crippen LogP) is 0.970. The van der Waals surface area contributed by atoms with E-state index in [1.807, 2.05) is 0 Å². The molecule has 0 heterocycles. The molecular weight excluding hydrogens is 270 g/mol. The van der Waals surface area contributed by atoms with Gasteiger partial charge in [-0.2, -0.15) is 13.1 Å². The maximum Gasteiger partial charge on any atom is 0.277 e. The number of nitro benzene ring substituents is 1. The normalized spacial score (nSPS) is 11.7. The lowest BCUT2D eigenvalue weighted by atomic mass is 10.1. The van der Waals surface area contributed by atoms with Crippen LogP contribution in [-0.4, -0.2) is 25.9 Å². The van der Waals surface area contributed by atoms with Crippen molar-refractivity contribution in [1.29, 1.82) is 0 Å². The van der Waals surface area contributed by atoms with Crippen molar-refractivity contribution in [2.24, 2.45) is 0 Å². The molecule has 106 valence electrons. The third kappa shape index (κ3) is 5.77. The van der Waals surface area contributed by atoms with Gasteiger partial charge in [-0.15, -0.1) is 0 Å². The van der Waals surface area contributed by atoms with Crippen LogP contribution in [0, 0.1) is 10.1 Å². The van der Waals surface area contributed by atoms with E-state index < -0.39 is 15.1 Å². The molecule has 0 bridgehead atoms. The van der Waals surface area contributed by atoms with Crippen molar-refractivity contribution in [3.8, 4) is 0 Å². The Balaban J connectivity index is 2.47. The maximum atomic E-state index is 11.5. The summed E-state index contributed by atoms with van der Waals surface area (Å²) in [5.41, 5.74) is 0.851. The van der Waals surface area contributed by atoms with Crippen molar-refractivity contribution in [3.05, 3.63) is 39.9 Å². The number of non-ortho nitro benzene ring substituents is 1. The van der Waals surface area contributed by atoms with E-state index in [1.165, 1.54) is 12.1 Å². The van der Waals surface area contributed by atoms with Crippen LogP contribution in [0.2, 0.25) is 0 Å². The van der Waals surface area contributed by atoms with E-state index in [4.69, 9.17) is 0 Å². The zero-order valence-electron chi connectivity index (χ0n) is 10.8. The molecule has 2 N–H and O–H groups in total. The molecule has 0 aliphatic heterocycles. The zero-order chi connectivity index (χ0) is 14.5. The lowest BCUT2D eigenvalue weighted by molar-refractivity contribution is -0.384. The molecule has 0 aliphatic rings. The van der Waals surface area contributed by atoms with Crippen molar-refractivity contribution in [3.63, 3.8) is 0 Å². The summed E-state index contributed by atoms with van der Waals surface area (Å²) in [6.07, 6.45) is 0.469. The molecule has 0 amide bonds. The smallest absolute Gasteiger partial charge is 0.258 e. The molecule has 19 heavy (non-hydrogen) atoms. The molecule has 0 saturated carbocycles. The highest BCUT2D eigenvalue weighted by Crippen LogP contribution is 2.11. The molecule has 1 aromatic rings. The van der Waals surface area contributed by atoms with Gasteiger partial charge in [-0.1, -0.05) is 12.1 Å². The molecular formula is C11H17N3O4S. The summed E-state index contributed by atoms with van der Waals surface area (Å²) in [5, 5.41) is 10.5. The third-order valence-corrected chi connectivity index (χ3v) is 3.61. The van der Waals surface area contributed by atoms with E-state index in [9.17, 15) is 18.5 Å². The van der Waals surface area contributed by atoms with Gasteiger partial charge in [0.2, 0.25) is 0 Å². The first kappa shape index (κ1) is 15.5. The Labute approximate surface area is 112 Å². The van der Waals surface area contributed by atoms with Gasteiger partial charge in [0.25, 0.3) is 15.9 Å². The van der Waals surface area contributed by atoms with Gasteiger partial charge in [-0.25, -0.2) is 4.72 Å². The van der Waals surface area contributed by atoms with Gasteiger partial charge in [0.15, 0.2) is 0 Å². The summed E-state index contributed by atoms with van der Waals surface area (Å²) in [7, 11) is -3.48. The Bertz CT molecular complexity index is 525. The highest BCUT2D eigenvalue weighted by Gasteiger charge is 2.10. The van der Waals surface area contributed by atoms with Crippen molar-refractivity contribution in [2.75, 3.05) is 6.54 Å². The number of nitro groups is 1. The Kier molecular flexibility index (Phi) is 5.40. The van der Waals surface area contributed by atoms with Crippen LogP contribution in [-0.2, 0) is 16.6 Å². The highest BCUT2D eigenvalue weighted by molar-refractivity contribution is 7.87. The Morgan fingerprint density at radius 1 is 1.26 bits per heavy atom. The van der Waals surface area contributed by atoms with Gasteiger partial charge < -0.3 is 0 Å². The topological polar surface area (TPSA) is 101 Å². The van der Waals surface area contributed by atoms with Gasteiger partial charge in [-0.05, 0) is 25.8 Å². The Morgan fingerprint density at radius 2 is 1.84 bits per heavy atom. The first-order valence-corrected chi connectivity index (χ1v) is 7.29. The van der Waals surface area contributed by atoms with E-state index >= 15 is 0 Å². The minimum atomic E-state index is -3.48. The fourth-order valence-electron chi connectivity index (χ4n) is 1.47. The van der Waals surface area contributed by atoms with Crippen molar-refractivity contribution < 1.29 is 13.3 Å². The molecule has 0 aromatic heterocycles. The fraction of sp³-hybridized carbons (Fsp3) is 0.455. The van der Waals surface area contributed by atoms with Crippen LogP contribution in [0.25, 0.3) is 0 Å². The first-order chi connectivity index (χ1) is 8.80. The van der Waals surface area contributed by atoms with E-state index in [-0.39, 0.29) is 18.3 Å². The summed E-state index contributed by atoms with van der Waals surface area (Å²) in [6.45, 7) is 3.70. The minimum absolute atomic E-state index is 0.0193. The lowest BCUT2D eigenvalue weighted by Crippen LogP contribution is -2.41. The standard InChI is InChI=1S/C11H17N3O4S/c1-9(2)13-19(17,18)12-8-7-10-3-5-11(6-4-10)14(15)16/h3-6,9,12-13H,7-8H2,1-2H3. The van der Waals surface area contributed by atoms with Crippen LogP contribution in [0.1, 0.15) is 19.4 Å². The Hall–Kier alpha value is -1.51. The molecule has 0 aliphatic carbocycles. The van der Waals surface area contributed by atoms with Gasteiger partial charge in [0.05, 0.1) is 4.92 Å². The monoisotopic (exact) mass is 287 g/mol. The van der Waals surface area contributed by atoms with Gasteiger partial charge >= 0.3 is 0 Å². The van der Waals surface area contributed by atoms with Crippen LogP contribution in [0.5, 0.6) is 0 Å². The van der Waals surface area contributed by atoms with Crippen LogP contribution in [0.4, 0.5) is 5.69 Å². The largest absolute Gasteiger partial charge is 0.277 e. The number of hydrogen-bond donors (Lipinski definition) is 2. The second-order valence-corrected chi connectivity index (χ2v) is 5.88. The number of nitrogens with one attached hydrogen (secondary N) is 2. The van der Waals surface area contributed by atoms with Crippen molar-refractivity contribution in [1.82, 2.24) is 9.44 Å². The summed E-state index contributed by atoms with van der Waals surface area (Å²) in [5.74, 6) is 0. The summed E-state index contributed by atoms with van der Waals surface area (Å²) < 4.78 is 27.7. The molecule has 7 nitrogen and oxygen atoms in total. The SMILES string of the molecule is CC(C)NS(=O)(=O)NCCc1ccc([N+](=O)[O-])cc1. The van der Waals surface area contributed by atoms with Crippen LogP contribution in [0.15, 0.2) is 24.3 Å². The summed E-state index contributed by atoms with van der Waals surface area (Å²) in [4.78, 5) is 9.99. The molecule has 0 unspecified atom stereocenters. The number of rotatable bonds is 7. The average molecular weight is 287 g/mol. The molecule has 1 rings (SSSR count). The minimum Gasteiger partial charge on any atom is -0.258 e. The maximum absolute atomic E-state index is 11.5. The molecule has 0 atom stereocenters. The quantitative estimate of drug-likeness (QED) is 0.576. The molecule has 8 heteroatoms. The van der Waals surface area contributed by atoms with E-state index in [0.29, 0.717) is 6.42 Å². The van der Waals surface area contributed by atoms with E-state index in [0.717, 1.165) is 5.56 Å². The lowest BCUT2D eigenvalue weighted by Gasteiger charge is -2.10. The molecule has 0 spiro atoms. The third-order valence-electron chi connectivity index (χ3n) is 2.24.